The topological polar surface area (TPSA) is 89.1 Å². The Kier molecular flexibility index (Phi) is 7.77. The lowest BCUT2D eigenvalue weighted by Gasteiger charge is -2.25. The normalized spacial score (nSPS) is 19.8. The molecular formula is C19H28ClN3O5. The van der Waals surface area contributed by atoms with Crippen molar-refractivity contribution in [1.82, 2.24) is 10.6 Å². The number of ether oxygens (including phenoxy) is 3. The van der Waals surface area contributed by atoms with E-state index in [2.05, 4.69) is 10.6 Å². The van der Waals surface area contributed by atoms with E-state index in [0.29, 0.717) is 29.5 Å². The van der Waals surface area contributed by atoms with Crippen LogP contribution in [0.3, 0.4) is 0 Å². The fraction of sp³-hybridized carbons (Fsp3) is 0.579. The van der Waals surface area contributed by atoms with Crippen LogP contribution in [0.25, 0.3) is 0 Å². The molecule has 0 bridgehead atoms. The van der Waals surface area contributed by atoms with Crippen LogP contribution >= 0.6 is 12.4 Å². The Morgan fingerprint density at radius 3 is 2.25 bits per heavy atom. The SMILES string of the molecule is COc1cc(N2CC(C(=O)NC3CCNCC3)CC2=O)cc(OC)c1OC.Cl. The molecule has 2 amide bonds. The first-order valence-corrected chi connectivity index (χ1v) is 9.18. The molecule has 3 rings (SSSR count). The first kappa shape index (κ1) is 22.1. The van der Waals surface area contributed by atoms with Crippen molar-refractivity contribution in [1.29, 1.82) is 0 Å². The van der Waals surface area contributed by atoms with Gasteiger partial charge in [0.1, 0.15) is 0 Å². The molecule has 9 heteroatoms. The number of carbonyl (C=O) groups is 2. The van der Waals surface area contributed by atoms with E-state index < -0.39 is 0 Å². The number of hydrogen-bond donors (Lipinski definition) is 2. The monoisotopic (exact) mass is 413 g/mol. The van der Waals surface area contributed by atoms with Gasteiger partial charge in [-0.05, 0) is 25.9 Å². The first-order valence-electron chi connectivity index (χ1n) is 9.18. The van der Waals surface area contributed by atoms with Gasteiger partial charge in [0.25, 0.3) is 0 Å². The Hall–Kier alpha value is -2.19. The molecule has 28 heavy (non-hydrogen) atoms. The molecule has 2 saturated heterocycles. The minimum Gasteiger partial charge on any atom is -0.493 e. The van der Waals surface area contributed by atoms with Gasteiger partial charge in [-0.25, -0.2) is 0 Å². The van der Waals surface area contributed by atoms with Gasteiger partial charge in [0.15, 0.2) is 11.5 Å². The standard InChI is InChI=1S/C19H27N3O5.ClH/c1-25-15-9-14(10-16(26-2)18(15)27-3)22-11-12(8-17(22)23)19(24)21-13-4-6-20-7-5-13;/h9-10,12-13,20H,4-8,11H2,1-3H3,(H,21,24);1H. The molecule has 1 atom stereocenters. The predicted molar refractivity (Wildman–Crippen MR) is 108 cm³/mol. The number of anilines is 1. The number of carbonyl (C=O) groups excluding carboxylic acids is 2. The summed E-state index contributed by atoms with van der Waals surface area (Å²) in [6, 6.07) is 3.64. The lowest BCUT2D eigenvalue weighted by Crippen LogP contribution is -2.45. The summed E-state index contributed by atoms with van der Waals surface area (Å²) < 4.78 is 16.0. The van der Waals surface area contributed by atoms with Gasteiger partial charge in [-0.1, -0.05) is 0 Å². The third-order valence-electron chi connectivity index (χ3n) is 5.14. The molecule has 0 radical (unpaired) electrons. The van der Waals surface area contributed by atoms with E-state index in [1.165, 1.54) is 21.3 Å². The van der Waals surface area contributed by atoms with Crippen molar-refractivity contribution in [3.8, 4) is 17.2 Å². The fourth-order valence-electron chi connectivity index (χ4n) is 3.64. The van der Waals surface area contributed by atoms with Crippen LogP contribution in [0.5, 0.6) is 17.2 Å². The summed E-state index contributed by atoms with van der Waals surface area (Å²) in [5.74, 6) is 0.923. The summed E-state index contributed by atoms with van der Waals surface area (Å²) in [7, 11) is 4.59. The lowest BCUT2D eigenvalue weighted by atomic mass is 10.0. The summed E-state index contributed by atoms with van der Waals surface area (Å²) in [5, 5.41) is 6.37. The maximum atomic E-state index is 12.6. The van der Waals surface area contributed by atoms with Crippen LogP contribution in [0.4, 0.5) is 5.69 Å². The summed E-state index contributed by atoms with van der Waals surface area (Å²) >= 11 is 0. The van der Waals surface area contributed by atoms with E-state index in [0.717, 1.165) is 25.9 Å². The number of halogens is 1. The van der Waals surface area contributed by atoms with Crippen molar-refractivity contribution in [3.05, 3.63) is 12.1 Å². The second-order valence-corrected chi connectivity index (χ2v) is 6.82. The molecule has 1 aromatic rings. The van der Waals surface area contributed by atoms with Gasteiger partial charge in [0, 0.05) is 31.1 Å². The van der Waals surface area contributed by atoms with Gasteiger partial charge in [-0.15, -0.1) is 12.4 Å². The Bertz CT molecular complexity index is 684. The average Bonchev–Trinajstić information content (AvgIpc) is 3.09. The van der Waals surface area contributed by atoms with Crippen LogP contribution in [-0.4, -0.2) is 58.8 Å². The Morgan fingerprint density at radius 1 is 1.11 bits per heavy atom. The number of amides is 2. The van der Waals surface area contributed by atoms with Crippen LogP contribution in [0.2, 0.25) is 0 Å². The van der Waals surface area contributed by atoms with E-state index in [1.54, 1.807) is 17.0 Å². The zero-order chi connectivity index (χ0) is 19.4. The summed E-state index contributed by atoms with van der Waals surface area (Å²) in [6.45, 7) is 2.16. The van der Waals surface area contributed by atoms with E-state index >= 15 is 0 Å². The number of benzene rings is 1. The van der Waals surface area contributed by atoms with Crippen LogP contribution in [0.15, 0.2) is 12.1 Å². The van der Waals surface area contributed by atoms with Crippen molar-refractivity contribution < 1.29 is 23.8 Å². The molecule has 0 aromatic heterocycles. The van der Waals surface area contributed by atoms with Gasteiger partial charge in [-0.2, -0.15) is 0 Å². The molecule has 0 spiro atoms. The summed E-state index contributed by atoms with van der Waals surface area (Å²) in [4.78, 5) is 26.8. The Balaban J connectivity index is 0.00000280. The number of rotatable bonds is 6. The third-order valence-corrected chi connectivity index (χ3v) is 5.14. The average molecular weight is 414 g/mol. The molecule has 2 N–H and O–H groups in total. The van der Waals surface area contributed by atoms with E-state index in [9.17, 15) is 9.59 Å². The van der Waals surface area contributed by atoms with Gasteiger partial charge < -0.3 is 29.7 Å². The molecule has 0 aliphatic carbocycles. The van der Waals surface area contributed by atoms with Crippen molar-refractivity contribution in [2.24, 2.45) is 5.92 Å². The van der Waals surface area contributed by atoms with Crippen LogP contribution in [-0.2, 0) is 9.59 Å². The number of piperidine rings is 1. The Labute approximate surface area is 171 Å². The summed E-state index contributed by atoms with van der Waals surface area (Å²) in [6.07, 6.45) is 2.04. The number of nitrogens with one attached hydrogen (secondary N) is 2. The van der Waals surface area contributed by atoms with Gasteiger partial charge in [0.2, 0.25) is 17.6 Å². The lowest BCUT2D eigenvalue weighted by molar-refractivity contribution is -0.127. The minimum atomic E-state index is -0.355. The first-order chi connectivity index (χ1) is 13.1. The maximum Gasteiger partial charge on any atom is 0.227 e. The number of hydrogen-bond acceptors (Lipinski definition) is 6. The van der Waals surface area contributed by atoms with Gasteiger partial charge >= 0.3 is 0 Å². The molecule has 2 heterocycles. The molecule has 1 aromatic carbocycles. The molecule has 2 aliphatic rings. The zero-order valence-electron chi connectivity index (χ0n) is 16.4. The smallest absolute Gasteiger partial charge is 0.227 e. The zero-order valence-corrected chi connectivity index (χ0v) is 17.3. The van der Waals surface area contributed by atoms with E-state index in [-0.39, 0.29) is 42.6 Å². The van der Waals surface area contributed by atoms with E-state index in [1.807, 2.05) is 0 Å². The molecule has 0 saturated carbocycles. The van der Waals surface area contributed by atoms with Crippen LogP contribution in [0.1, 0.15) is 19.3 Å². The summed E-state index contributed by atoms with van der Waals surface area (Å²) in [5.41, 5.74) is 0.631. The van der Waals surface area contributed by atoms with Gasteiger partial charge in [-0.3, -0.25) is 9.59 Å². The number of nitrogens with zero attached hydrogens (tertiary/aromatic N) is 1. The van der Waals surface area contributed by atoms with Crippen molar-refractivity contribution in [2.45, 2.75) is 25.3 Å². The molecule has 2 fully saturated rings. The molecule has 2 aliphatic heterocycles. The second kappa shape index (κ2) is 9.84. The van der Waals surface area contributed by atoms with Gasteiger partial charge in [0.05, 0.1) is 32.9 Å². The van der Waals surface area contributed by atoms with Crippen LogP contribution in [0, 0.1) is 5.92 Å². The fourth-order valence-corrected chi connectivity index (χ4v) is 3.64. The Morgan fingerprint density at radius 2 is 1.71 bits per heavy atom. The predicted octanol–water partition coefficient (Wildman–Crippen LogP) is 1.36. The van der Waals surface area contributed by atoms with Crippen molar-refractivity contribution >= 4 is 29.9 Å². The van der Waals surface area contributed by atoms with Crippen molar-refractivity contribution in [2.75, 3.05) is 45.9 Å². The maximum absolute atomic E-state index is 12.6. The van der Waals surface area contributed by atoms with Crippen molar-refractivity contribution in [3.63, 3.8) is 0 Å². The highest BCUT2D eigenvalue weighted by molar-refractivity contribution is 6.00. The highest BCUT2D eigenvalue weighted by Crippen LogP contribution is 2.42. The molecule has 156 valence electrons. The van der Waals surface area contributed by atoms with Crippen LogP contribution < -0.4 is 29.7 Å². The molecule has 1 unspecified atom stereocenters. The second-order valence-electron chi connectivity index (χ2n) is 6.82. The minimum absolute atomic E-state index is 0. The highest BCUT2D eigenvalue weighted by atomic mass is 35.5. The molecular weight excluding hydrogens is 386 g/mol. The third kappa shape index (κ3) is 4.62. The highest BCUT2D eigenvalue weighted by Gasteiger charge is 2.36. The van der Waals surface area contributed by atoms with E-state index in [4.69, 9.17) is 14.2 Å². The quantitative estimate of drug-likeness (QED) is 0.732. The largest absolute Gasteiger partial charge is 0.493 e. The molecule has 8 nitrogen and oxygen atoms in total. The number of methoxy groups -OCH3 is 3.